The molecule has 0 saturated heterocycles. The van der Waals surface area contributed by atoms with Crippen LogP contribution in [0.25, 0.3) is 27.6 Å². The molecule has 2 nitrogen and oxygen atoms in total. The van der Waals surface area contributed by atoms with E-state index in [1.165, 1.54) is 27.3 Å². The Bertz CT molecular complexity index is 1340. The van der Waals surface area contributed by atoms with Gasteiger partial charge in [0.05, 0.1) is 5.56 Å². The topological polar surface area (TPSA) is 26.3 Å². The first-order chi connectivity index (χ1) is 14.4. The summed E-state index contributed by atoms with van der Waals surface area (Å²) in [6.45, 7) is 6.31. The second kappa shape index (κ2) is 6.84. The van der Waals surface area contributed by atoms with E-state index in [0.717, 1.165) is 17.4 Å². The molecule has 0 unspecified atom stereocenters. The van der Waals surface area contributed by atoms with Gasteiger partial charge in [-0.15, -0.1) is 0 Å². The number of allylic oxidation sites excluding steroid dienone is 1. The molecular formula is C28H24O2. The van der Waals surface area contributed by atoms with Crippen LogP contribution in [-0.4, -0.2) is 5.97 Å². The third kappa shape index (κ3) is 3.09. The van der Waals surface area contributed by atoms with Crippen molar-refractivity contribution in [3.8, 4) is 5.75 Å². The smallest absolute Gasteiger partial charge is 0.343 e. The maximum Gasteiger partial charge on any atom is 0.343 e. The second-order valence-corrected chi connectivity index (χ2v) is 8.97. The lowest BCUT2D eigenvalue weighted by atomic mass is 9.84. The number of ether oxygens (including phenoxy) is 1. The van der Waals surface area contributed by atoms with E-state index in [2.05, 4.69) is 63.3 Å². The lowest BCUT2D eigenvalue weighted by Crippen LogP contribution is -2.19. The van der Waals surface area contributed by atoms with Gasteiger partial charge >= 0.3 is 5.97 Å². The fourth-order valence-electron chi connectivity index (χ4n) is 4.43. The molecule has 0 atom stereocenters. The maximum absolute atomic E-state index is 12.9. The summed E-state index contributed by atoms with van der Waals surface area (Å²) in [5.41, 5.74) is 4.18. The van der Waals surface area contributed by atoms with Crippen LogP contribution >= 0.6 is 0 Å². The first-order valence-electron chi connectivity index (χ1n) is 10.4. The summed E-state index contributed by atoms with van der Waals surface area (Å²) >= 11 is 0. The Morgan fingerprint density at radius 1 is 0.867 bits per heavy atom. The fourth-order valence-corrected chi connectivity index (χ4v) is 4.43. The molecule has 30 heavy (non-hydrogen) atoms. The third-order valence-electron chi connectivity index (χ3n) is 5.92. The molecule has 0 bridgehead atoms. The predicted molar refractivity (Wildman–Crippen MR) is 124 cm³/mol. The van der Waals surface area contributed by atoms with Gasteiger partial charge < -0.3 is 4.74 Å². The molecule has 148 valence electrons. The number of carbonyl (C=O) groups excluding carboxylic acids is 1. The summed E-state index contributed by atoms with van der Waals surface area (Å²) in [6.07, 6.45) is 5.39. The van der Waals surface area contributed by atoms with E-state index < -0.39 is 0 Å². The van der Waals surface area contributed by atoms with Gasteiger partial charge in [0.15, 0.2) is 0 Å². The van der Waals surface area contributed by atoms with Crippen molar-refractivity contribution in [1.82, 2.24) is 0 Å². The zero-order chi connectivity index (χ0) is 20.9. The van der Waals surface area contributed by atoms with Crippen LogP contribution in [-0.2, 0) is 11.8 Å². The van der Waals surface area contributed by atoms with Gasteiger partial charge in [0, 0.05) is 0 Å². The van der Waals surface area contributed by atoms with Crippen molar-refractivity contribution in [2.75, 3.05) is 0 Å². The fraction of sp³-hybridized carbons (Fsp3) is 0.179. The third-order valence-corrected chi connectivity index (χ3v) is 5.92. The van der Waals surface area contributed by atoms with Gasteiger partial charge in [0.25, 0.3) is 0 Å². The molecule has 0 radical (unpaired) electrons. The van der Waals surface area contributed by atoms with Crippen LogP contribution in [0.2, 0.25) is 0 Å². The van der Waals surface area contributed by atoms with Crippen LogP contribution in [0.3, 0.4) is 0 Å². The Hall–Kier alpha value is -3.39. The highest BCUT2D eigenvalue weighted by Crippen LogP contribution is 2.34. The quantitative estimate of drug-likeness (QED) is 0.207. The van der Waals surface area contributed by atoms with E-state index in [0.29, 0.717) is 11.3 Å². The minimum absolute atomic E-state index is 0.132. The molecule has 0 amide bonds. The molecule has 5 rings (SSSR count). The van der Waals surface area contributed by atoms with Crippen molar-refractivity contribution in [2.24, 2.45) is 0 Å². The monoisotopic (exact) mass is 392 g/mol. The summed E-state index contributed by atoms with van der Waals surface area (Å²) in [4.78, 5) is 12.9. The van der Waals surface area contributed by atoms with Crippen LogP contribution in [0.4, 0.5) is 0 Å². The van der Waals surface area contributed by atoms with E-state index in [1.807, 2.05) is 36.4 Å². The molecule has 0 aromatic heterocycles. The lowest BCUT2D eigenvalue weighted by Gasteiger charge is -2.22. The lowest BCUT2D eigenvalue weighted by molar-refractivity contribution is 0.0732. The zero-order valence-corrected chi connectivity index (χ0v) is 17.5. The predicted octanol–water partition coefficient (Wildman–Crippen LogP) is 7.08. The molecule has 1 aliphatic rings. The Labute approximate surface area is 176 Å². The first kappa shape index (κ1) is 18.6. The van der Waals surface area contributed by atoms with Crippen molar-refractivity contribution >= 4 is 33.6 Å². The summed E-state index contributed by atoms with van der Waals surface area (Å²) < 4.78 is 5.78. The molecule has 0 heterocycles. The molecule has 4 aromatic rings. The number of hydrogen-bond acceptors (Lipinski definition) is 2. The number of benzene rings is 4. The molecule has 1 aliphatic carbocycles. The second-order valence-electron chi connectivity index (χ2n) is 8.97. The van der Waals surface area contributed by atoms with Gasteiger partial charge in [-0.25, -0.2) is 4.79 Å². The van der Waals surface area contributed by atoms with E-state index in [9.17, 15) is 4.79 Å². The summed E-state index contributed by atoms with van der Waals surface area (Å²) in [6, 6.07) is 22.3. The molecule has 0 N–H and O–H groups in total. The highest BCUT2D eigenvalue weighted by molar-refractivity contribution is 6.10. The van der Waals surface area contributed by atoms with Crippen LogP contribution < -0.4 is 4.74 Å². The van der Waals surface area contributed by atoms with Crippen molar-refractivity contribution in [1.29, 1.82) is 0 Å². The number of esters is 1. The summed E-state index contributed by atoms with van der Waals surface area (Å²) in [5.74, 6) is 0.253. The van der Waals surface area contributed by atoms with Crippen LogP contribution in [0.15, 0.2) is 72.8 Å². The average Bonchev–Trinajstić information content (AvgIpc) is 3.22. The summed E-state index contributed by atoms with van der Waals surface area (Å²) in [5, 5.41) is 4.79. The Balaban J connectivity index is 1.52. The first-order valence-corrected chi connectivity index (χ1v) is 10.4. The standard InChI is InChI=1S/C28H24O2/c1-28(2,3)26-10-5-4-8-25(26)27(29)30-20-13-16-22-19(17-20)12-15-23-21-9-6-7-18(21)11-14-24(22)23/h4-8,10-17H,9H2,1-3H3. The Morgan fingerprint density at radius 2 is 1.63 bits per heavy atom. The highest BCUT2D eigenvalue weighted by atomic mass is 16.5. The SMILES string of the molecule is CC(C)(C)c1ccccc1C(=O)Oc1ccc2c(ccc3c4c(ccc32)C=CC4)c1. The Kier molecular flexibility index (Phi) is 4.25. The molecule has 0 aliphatic heterocycles. The minimum atomic E-state index is -0.315. The van der Waals surface area contributed by atoms with E-state index in [4.69, 9.17) is 4.74 Å². The van der Waals surface area contributed by atoms with Crippen molar-refractivity contribution in [2.45, 2.75) is 32.6 Å². The maximum atomic E-state index is 12.9. The highest BCUT2D eigenvalue weighted by Gasteiger charge is 2.22. The van der Waals surface area contributed by atoms with Gasteiger partial charge in [-0.2, -0.15) is 0 Å². The van der Waals surface area contributed by atoms with Crippen molar-refractivity contribution in [3.63, 3.8) is 0 Å². The number of fused-ring (bicyclic) bond motifs is 5. The normalized spacial score (nSPS) is 13.0. The molecule has 0 fully saturated rings. The number of carbonyl (C=O) groups is 1. The van der Waals surface area contributed by atoms with Gasteiger partial charge in [0.1, 0.15) is 5.75 Å². The van der Waals surface area contributed by atoms with Crippen molar-refractivity contribution in [3.05, 3.63) is 95.1 Å². The number of hydrogen-bond donors (Lipinski definition) is 0. The molecule has 2 heteroatoms. The van der Waals surface area contributed by atoms with Crippen molar-refractivity contribution < 1.29 is 9.53 Å². The zero-order valence-electron chi connectivity index (χ0n) is 17.5. The van der Waals surface area contributed by atoms with Crippen LogP contribution in [0, 0.1) is 0 Å². The number of rotatable bonds is 2. The van der Waals surface area contributed by atoms with Gasteiger partial charge in [-0.3, -0.25) is 0 Å². The largest absolute Gasteiger partial charge is 0.423 e. The Morgan fingerprint density at radius 3 is 2.47 bits per heavy atom. The summed E-state index contributed by atoms with van der Waals surface area (Å²) in [7, 11) is 0. The van der Waals surface area contributed by atoms with Gasteiger partial charge in [0.2, 0.25) is 0 Å². The molecule has 0 saturated carbocycles. The van der Waals surface area contributed by atoms with E-state index in [1.54, 1.807) is 0 Å². The minimum Gasteiger partial charge on any atom is -0.423 e. The van der Waals surface area contributed by atoms with Gasteiger partial charge in [-0.05, 0) is 68.3 Å². The van der Waals surface area contributed by atoms with E-state index >= 15 is 0 Å². The van der Waals surface area contributed by atoms with Crippen LogP contribution in [0.1, 0.15) is 47.8 Å². The van der Waals surface area contributed by atoms with Crippen LogP contribution in [0.5, 0.6) is 5.75 Å². The molecule has 0 spiro atoms. The molecule has 4 aromatic carbocycles. The van der Waals surface area contributed by atoms with E-state index in [-0.39, 0.29) is 11.4 Å². The average molecular weight is 392 g/mol. The molecular weight excluding hydrogens is 368 g/mol. The van der Waals surface area contributed by atoms with Gasteiger partial charge in [-0.1, -0.05) is 81.5 Å².